The molecule has 2 N–H and O–H groups in total. The normalized spacial score (nSPS) is 10.8. The van der Waals surface area contributed by atoms with Gasteiger partial charge >= 0.3 is 0 Å². The lowest BCUT2D eigenvalue weighted by Crippen LogP contribution is -1.92. The van der Waals surface area contributed by atoms with Gasteiger partial charge in [0.1, 0.15) is 0 Å². The van der Waals surface area contributed by atoms with E-state index in [2.05, 4.69) is 10.5 Å². The molecule has 2 aromatic rings. The number of rotatable bonds is 4. The number of phenols is 1. The predicted octanol–water partition coefficient (Wildman–Crippen LogP) is 4.15. The molecule has 0 fully saturated rings. The molecule has 0 aliphatic carbocycles. The van der Waals surface area contributed by atoms with E-state index in [-0.39, 0.29) is 5.75 Å². The Balaban J connectivity index is 2.12. The number of ether oxygens (including phenoxy) is 1. The lowest BCUT2D eigenvalue weighted by molar-refractivity contribution is 0.373. The Labute approximate surface area is 126 Å². The number of nitrogens with one attached hydrogen (secondary N) is 1. The number of aromatic hydroxyl groups is 1. The standard InChI is InChI=1S/C14H12Cl2N2O2/c1-20-13-4-2-3-9(14(13)19)8-17-18-10-5-6-11(15)12(16)7-10/h2-8,18-19H,1H3. The van der Waals surface area contributed by atoms with Gasteiger partial charge in [-0.3, -0.25) is 5.43 Å². The van der Waals surface area contributed by atoms with Crippen LogP contribution >= 0.6 is 23.2 Å². The van der Waals surface area contributed by atoms with Crippen LogP contribution in [0.3, 0.4) is 0 Å². The first kappa shape index (κ1) is 14.5. The quantitative estimate of drug-likeness (QED) is 0.658. The molecule has 0 radical (unpaired) electrons. The zero-order valence-corrected chi connectivity index (χ0v) is 12.1. The first-order valence-corrected chi connectivity index (χ1v) is 6.47. The molecule has 2 rings (SSSR count). The summed E-state index contributed by atoms with van der Waals surface area (Å²) in [4.78, 5) is 0. The van der Waals surface area contributed by atoms with E-state index in [4.69, 9.17) is 27.9 Å². The summed E-state index contributed by atoms with van der Waals surface area (Å²) in [5.41, 5.74) is 4.03. The molecule has 0 heterocycles. The van der Waals surface area contributed by atoms with Gasteiger partial charge in [-0.1, -0.05) is 29.3 Å². The van der Waals surface area contributed by atoms with Gasteiger partial charge in [0.25, 0.3) is 0 Å². The van der Waals surface area contributed by atoms with Crippen molar-refractivity contribution in [2.24, 2.45) is 5.10 Å². The van der Waals surface area contributed by atoms with Crippen molar-refractivity contribution in [2.75, 3.05) is 12.5 Å². The molecule has 20 heavy (non-hydrogen) atoms. The Kier molecular flexibility index (Phi) is 4.71. The fraction of sp³-hybridized carbons (Fsp3) is 0.0714. The minimum atomic E-state index is 0.0367. The number of methoxy groups -OCH3 is 1. The van der Waals surface area contributed by atoms with E-state index in [9.17, 15) is 5.11 Å². The van der Waals surface area contributed by atoms with Crippen LogP contribution in [0.25, 0.3) is 0 Å². The maximum Gasteiger partial charge on any atom is 0.166 e. The average Bonchev–Trinajstić information content (AvgIpc) is 2.44. The Bertz CT molecular complexity index is 645. The Morgan fingerprint density at radius 1 is 1.20 bits per heavy atom. The monoisotopic (exact) mass is 310 g/mol. The van der Waals surface area contributed by atoms with E-state index in [1.54, 1.807) is 36.4 Å². The van der Waals surface area contributed by atoms with E-state index < -0.39 is 0 Å². The number of para-hydroxylation sites is 1. The Morgan fingerprint density at radius 3 is 2.70 bits per heavy atom. The summed E-state index contributed by atoms with van der Waals surface area (Å²) in [7, 11) is 1.49. The van der Waals surface area contributed by atoms with Crippen LogP contribution in [0, 0.1) is 0 Å². The molecule has 104 valence electrons. The molecule has 0 bridgehead atoms. The maximum absolute atomic E-state index is 9.88. The molecule has 0 amide bonds. The summed E-state index contributed by atoms with van der Waals surface area (Å²) in [6.07, 6.45) is 1.49. The van der Waals surface area contributed by atoms with Crippen LogP contribution in [0.1, 0.15) is 5.56 Å². The topological polar surface area (TPSA) is 53.8 Å². The smallest absolute Gasteiger partial charge is 0.166 e. The Hall–Kier alpha value is -1.91. The number of hydrazone groups is 1. The molecule has 0 saturated carbocycles. The van der Waals surface area contributed by atoms with Gasteiger partial charge < -0.3 is 9.84 Å². The summed E-state index contributed by atoms with van der Waals surface area (Å²) in [6, 6.07) is 10.2. The fourth-order valence-corrected chi connectivity index (χ4v) is 1.85. The molecule has 0 aromatic heterocycles. The second-order valence-electron chi connectivity index (χ2n) is 3.90. The van der Waals surface area contributed by atoms with Gasteiger partial charge in [-0.05, 0) is 30.3 Å². The van der Waals surface area contributed by atoms with Crippen LogP contribution in [0.5, 0.6) is 11.5 Å². The molecular weight excluding hydrogens is 299 g/mol. The van der Waals surface area contributed by atoms with E-state index in [0.29, 0.717) is 27.0 Å². The van der Waals surface area contributed by atoms with Gasteiger partial charge in [-0.2, -0.15) is 5.10 Å². The summed E-state index contributed by atoms with van der Waals surface area (Å²) in [5.74, 6) is 0.429. The predicted molar refractivity (Wildman–Crippen MR) is 82.3 cm³/mol. The van der Waals surface area contributed by atoms with Crippen LogP contribution in [0.2, 0.25) is 10.0 Å². The van der Waals surface area contributed by atoms with Gasteiger partial charge in [0.15, 0.2) is 11.5 Å². The lowest BCUT2D eigenvalue weighted by Gasteiger charge is -2.05. The zero-order valence-electron chi connectivity index (χ0n) is 10.6. The second kappa shape index (κ2) is 6.50. The molecule has 0 spiro atoms. The van der Waals surface area contributed by atoms with Gasteiger partial charge in [-0.15, -0.1) is 0 Å². The van der Waals surface area contributed by atoms with Crippen LogP contribution in [0.15, 0.2) is 41.5 Å². The van der Waals surface area contributed by atoms with Gasteiger partial charge in [0.05, 0.1) is 29.1 Å². The first-order chi connectivity index (χ1) is 9.61. The third-order valence-electron chi connectivity index (χ3n) is 2.57. The molecular formula is C14H12Cl2N2O2. The SMILES string of the molecule is COc1cccc(C=NNc2ccc(Cl)c(Cl)c2)c1O. The van der Waals surface area contributed by atoms with Crippen molar-refractivity contribution in [2.45, 2.75) is 0 Å². The summed E-state index contributed by atoms with van der Waals surface area (Å²) < 4.78 is 5.01. The number of halogens is 2. The summed E-state index contributed by atoms with van der Waals surface area (Å²) in [5, 5.41) is 14.8. The molecule has 0 atom stereocenters. The van der Waals surface area contributed by atoms with E-state index in [1.165, 1.54) is 13.3 Å². The van der Waals surface area contributed by atoms with Crippen molar-refractivity contribution in [1.82, 2.24) is 0 Å². The van der Waals surface area contributed by atoms with Crippen molar-refractivity contribution >= 4 is 35.1 Å². The second-order valence-corrected chi connectivity index (χ2v) is 4.71. The molecule has 4 nitrogen and oxygen atoms in total. The van der Waals surface area contributed by atoms with Crippen molar-refractivity contribution in [1.29, 1.82) is 0 Å². The third-order valence-corrected chi connectivity index (χ3v) is 3.31. The molecule has 2 aromatic carbocycles. The van der Waals surface area contributed by atoms with Crippen LogP contribution in [-0.4, -0.2) is 18.4 Å². The van der Waals surface area contributed by atoms with E-state index in [0.717, 1.165) is 0 Å². The van der Waals surface area contributed by atoms with Gasteiger partial charge in [0, 0.05) is 5.56 Å². The molecule has 6 heteroatoms. The highest BCUT2D eigenvalue weighted by Gasteiger charge is 2.04. The number of benzene rings is 2. The Morgan fingerprint density at radius 2 is 2.00 bits per heavy atom. The van der Waals surface area contributed by atoms with Crippen LogP contribution in [0.4, 0.5) is 5.69 Å². The van der Waals surface area contributed by atoms with E-state index in [1.807, 2.05) is 0 Å². The minimum Gasteiger partial charge on any atom is -0.504 e. The summed E-state index contributed by atoms with van der Waals surface area (Å²) in [6.45, 7) is 0. The van der Waals surface area contributed by atoms with E-state index >= 15 is 0 Å². The van der Waals surface area contributed by atoms with Gasteiger partial charge in [-0.25, -0.2) is 0 Å². The fourth-order valence-electron chi connectivity index (χ4n) is 1.55. The summed E-state index contributed by atoms with van der Waals surface area (Å²) >= 11 is 11.7. The van der Waals surface area contributed by atoms with Crippen LogP contribution in [-0.2, 0) is 0 Å². The average molecular weight is 311 g/mol. The highest BCUT2D eigenvalue weighted by molar-refractivity contribution is 6.42. The molecule has 0 aliphatic rings. The number of phenolic OH excluding ortho intramolecular Hbond substituents is 1. The van der Waals surface area contributed by atoms with Gasteiger partial charge in [0.2, 0.25) is 0 Å². The number of hydrogen-bond acceptors (Lipinski definition) is 4. The van der Waals surface area contributed by atoms with Crippen molar-refractivity contribution < 1.29 is 9.84 Å². The molecule has 0 aliphatic heterocycles. The number of anilines is 1. The maximum atomic E-state index is 9.88. The van der Waals surface area contributed by atoms with Crippen LogP contribution < -0.4 is 10.2 Å². The first-order valence-electron chi connectivity index (χ1n) is 5.72. The lowest BCUT2D eigenvalue weighted by atomic mass is 10.2. The third kappa shape index (κ3) is 3.35. The largest absolute Gasteiger partial charge is 0.504 e. The highest BCUT2D eigenvalue weighted by Crippen LogP contribution is 2.28. The minimum absolute atomic E-state index is 0.0367. The zero-order chi connectivity index (χ0) is 14.5. The molecule has 0 unspecified atom stereocenters. The molecule has 0 saturated heterocycles. The van der Waals surface area contributed by atoms with Crippen molar-refractivity contribution in [3.63, 3.8) is 0 Å². The van der Waals surface area contributed by atoms with Crippen molar-refractivity contribution in [3.05, 3.63) is 52.0 Å². The number of hydrogen-bond donors (Lipinski definition) is 2. The van der Waals surface area contributed by atoms with Crippen molar-refractivity contribution in [3.8, 4) is 11.5 Å². The highest BCUT2D eigenvalue weighted by atomic mass is 35.5. The number of nitrogens with zero attached hydrogens (tertiary/aromatic N) is 1.